The van der Waals surface area contributed by atoms with Crippen molar-refractivity contribution in [3.05, 3.63) is 41.6 Å². The van der Waals surface area contributed by atoms with E-state index in [1.165, 1.54) is 0 Å². The Morgan fingerprint density at radius 2 is 2.11 bits per heavy atom. The fourth-order valence-electron chi connectivity index (χ4n) is 2.10. The van der Waals surface area contributed by atoms with E-state index in [0.717, 1.165) is 30.1 Å². The highest BCUT2D eigenvalue weighted by molar-refractivity contribution is 5.14. The van der Waals surface area contributed by atoms with Crippen molar-refractivity contribution in [1.29, 1.82) is 0 Å². The molecule has 0 fully saturated rings. The molecule has 0 saturated heterocycles. The lowest BCUT2D eigenvalue weighted by Gasteiger charge is -2.12. The molecule has 0 bridgehead atoms. The van der Waals surface area contributed by atoms with Crippen molar-refractivity contribution in [3.8, 4) is 0 Å². The number of hydrogen-bond acceptors (Lipinski definition) is 3. The molecule has 1 N–H and O–H groups in total. The molecule has 0 aliphatic rings. The van der Waals surface area contributed by atoms with Gasteiger partial charge in [-0.15, -0.1) is 0 Å². The number of rotatable bonds is 6. The predicted molar refractivity (Wildman–Crippen MR) is 76.2 cm³/mol. The first-order chi connectivity index (χ1) is 9.13. The minimum atomic E-state index is 0.177. The minimum absolute atomic E-state index is 0.177. The average Bonchev–Trinajstić information content (AvgIpc) is 3.04. The highest BCUT2D eigenvalue weighted by atomic mass is 16.3. The lowest BCUT2D eigenvalue weighted by Crippen LogP contribution is -2.18. The normalized spacial score (nSPS) is 13.1. The Balaban J connectivity index is 2.09. The smallest absolute Gasteiger partial charge is 0.121 e. The van der Waals surface area contributed by atoms with Gasteiger partial charge in [0, 0.05) is 25.1 Å². The second-order valence-corrected chi connectivity index (χ2v) is 5.08. The first kappa shape index (κ1) is 13.9. The molecule has 0 aliphatic heterocycles. The molecule has 0 aliphatic carbocycles. The van der Waals surface area contributed by atoms with E-state index in [1.54, 1.807) is 0 Å². The van der Waals surface area contributed by atoms with E-state index in [1.807, 2.05) is 24.0 Å². The van der Waals surface area contributed by atoms with Crippen LogP contribution < -0.4 is 5.32 Å². The van der Waals surface area contributed by atoms with E-state index in [9.17, 15) is 0 Å². The molecule has 2 aromatic heterocycles. The molecular formula is C15H23N3O. The van der Waals surface area contributed by atoms with E-state index in [0.29, 0.717) is 6.04 Å². The minimum Gasteiger partial charge on any atom is -0.464 e. The highest BCUT2D eigenvalue weighted by Gasteiger charge is 2.16. The molecule has 1 unspecified atom stereocenters. The zero-order valence-corrected chi connectivity index (χ0v) is 12.2. The lowest BCUT2D eigenvalue weighted by molar-refractivity contribution is 0.403. The maximum Gasteiger partial charge on any atom is 0.121 e. The van der Waals surface area contributed by atoms with Gasteiger partial charge in [0.05, 0.1) is 11.7 Å². The number of hydrogen-bond donors (Lipinski definition) is 1. The van der Waals surface area contributed by atoms with Crippen LogP contribution in [0.1, 0.15) is 50.1 Å². The molecule has 0 saturated carbocycles. The molecule has 19 heavy (non-hydrogen) atoms. The quantitative estimate of drug-likeness (QED) is 0.868. The van der Waals surface area contributed by atoms with Crippen molar-refractivity contribution in [2.75, 3.05) is 7.05 Å². The highest BCUT2D eigenvalue weighted by Crippen LogP contribution is 2.20. The summed E-state index contributed by atoms with van der Waals surface area (Å²) in [5, 5.41) is 7.88. The molecule has 0 amide bonds. The van der Waals surface area contributed by atoms with Gasteiger partial charge >= 0.3 is 0 Å². The molecule has 104 valence electrons. The third kappa shape index (κ3) is 3.26. The number of aromatic nitrogens is 2. The molecule has 0 radical (unpaired) electrons. The fraction of sp³-hybridized carbons (Fsp3) is 0.533. The Kier molecular flexibility index (Phi) is 4.43. The first-order valence-electron chi connectivity index (χ1n) is 6.94. The van der Waals surface area contributed by atoms with Crippen LogP contribution in [0.3, 0.4) is 0 Å². The van der Waals surface area contributed by atoms with Gasteiger partial charge in [-0.1, -0.05) is 6.92 Å². The fourth-order valence-corrected chi connectivity index (χ4v) is 2.10. The Hall–Kier alpha value is -1.55. The van der Waals surface area contributed by atoms with Gasteiger partial charge in [0.15, 0.2) is 0 Å². The number of aryl methyl sites for hydroxylation is 1. The summed E-state index contributed by atoms with van der Waals surface area (Å²) < 4.78 is 7.80. The molecule has 2 rings (SSSR count). The summed E-state index contributed by atoms with van der Waals surface area (Å²) in [5.74, 6) is 2.02. The third-order valence-corrected chi connectivity index (χ3v) is 3.33. The molecule has 0 spiro atoms. The average molecular weight is 261 g/mol. The van der Waals surface area contributed by atoms with Gasteiger partial charge in [0.25, 0.3) is 0 Å². The molecule has 0 aromatic carbocycles. The van der Waals surface area contributed by atoms with Crippen LogP contribution in [0.5, 0.6) is 0 Å². The van der Waals surface area contributed by atoms with E-state index >= 15 is 0 Å². The summed E-state index contributed by atoms with van der Waals surface area (Å²) in [7, 11) is 1.96. The van der Waals surface area contributed by atoms with E-state index < -0.39 is 0 Å². The van der Waals surface area contributed by atoms with Gasteiger partial charge in [-0.3, -0.25) is 4.68 Å². The van der Waals surface area contributed by atoms with Crippen LogP contribution in [0.4, 0.5) is 0 Å². The van der Waals surface area contributed by atoms with Gasteiger partial charge in [-0.25, -0.2) is 0 Å². The van der Waals surface area contributed by atoms with Crippen LogP contribution in [0.25, 0.3) is 0 Å². The Bertz CT molecular complexity index is 513. The molecule has 1 atom stereocenters. The van der Waals surface area contributed by atoms with Gasteiger partial charge in [-0.2, -0.15) is 5.10 Å². The molecule has 2 aromatic rings. The summed E-state index contributed by atoms with van der Waals surface area (Å²) in [5.41, 5.74) is 1.09. The van der Waals surface area contributed by atoms with Crippen molar-refractivity contribution in [1.82, 2.24) is 15.1 Å². The molecule has 4 nitrogen and oxygen atoms in total. The maximum atomic E-state index is 5.82. The lowest BCUT2D eigenvalue weighted by atomic mass is 10.1. The van der Waals surface area contributed by atoms with Crippen LogP contribution in [0.15, 0.2) is 28.8 Å². The number of furan rings is 1. The van der Waals surface area contributed by atoms with Crippen LogP contribution in [-0.4, -0.2) is 16.8 Å². The van der Waals surface area contributed by atoms with Gasteiger partial charge < -0.3 is 9.73 Å². The number of nitrogens with one attached hydrogen (secondary N) is 1. The van der Waals surface area contributed by atoms with Crippen LogP contribution in [0, 0.1) is 0 Å². The van der Waals surface area contributed by atoms with Crippen LogP contribution in [-0.2, 0) is 12.8 Å². The van der Waals surface area contributed by atoms with E-state index in [-0.39, 0.29) is 6.04 Å². The van der Waals surface area contributed by atoms with Crippen LogP contribution in [0.2, 0.25) is 0 Å². The summed E-state index contributed by atoms with van der Waals surface area (Å²) >= 11 is 0. The second kappa shape index (κ2) is 6.06. The zero-order chi connectivity index (χ0) is 13.8. The van der Waals surface area contributed by atoms with Crippen molar-refractivity contribution in [3.63, 3.8) is 0 Å². The molecule has 2 heterocycles. The SMILES string of the molecule is CCc1ccc(C(Cc2ccn(C(C)C)n2)NC)o1. The maximum absolute atomic E-state index is 5.82. The number of nitrogens with zero attached hydrogens (tertiary/aromatic N) is 2. The number of likely N-dealkylation sites (N-methyl/N-ethyl adjacent to an activating group) is 1. The molecule has 4 heteroatoms. The Morgan fingerprint density at radius 1 is 1.32 bits per heavy atom. The third-order valence-electron chi connectivity index (χ3n) is 3.33. The van der Waals surface area contributed by atoms with E-state index in [4.69, 9.17) is 4.42 Å². The Labute approximate surface area is 114 Å². The predicted octanol–water partition coefficient (Wildman–Crippen LogP) is 3.12. The summed E-state index contributed by atoms with van der Waals surface area (Å²) in [4.78, 5) is 0. The largest absolute Gasteiger partial charge is 0.464 e. The van der Waals surface area contributed by atoms with E-state index in [2.05, 4.69) is 43.3 Å². The van der Waals surface area contributed by atoms with Crippen LogP contribution >= 0.6 is 0 Å². The molecular weight excluding hydrogens is 238 g/mol. The first-order valence-corrected chi connectivity index (χ1v) is 6.94. The van der Waals surface area contributed by atoms with Crippen molar-refractivity contribution >= 4 is 0 Å². The summed E-state index contributed by atoms with van der Waals surface area (Å²) in [6, 6.07) is 6.76. The summed E-state index contributed by atoms with van der Waals surface area (Å²) in [6.07, 6.45) is 3.80. The van der Waals surface area contributed by atoms with Crippen molar-refractivity contribution in [2.45, 2.75) is 45.7 Å². The van der Waals surface area contributed by atoms with Crippen molar-refractivity contribution in [2.24, 2.45) is 0 Å². The standard InChI is InChI=1S/C15H23N3O/c1-5-13-6-7-15(19-13)14(16-4)10-12-8-9-18(17-12)11(2)3/h6-9,11,14,16H,5,10H2,1-4H3. The topological polar surface area (TPSA) is 43.0 Å². The zero-order valence-electron chi connectivity index (χ0n) is 12.2. The van der Waals surface area contributed by atoms with Gasteiger partial charge in [0.2, 0.25) is 0 Å². The van der Waals surface area contributed by atoms with Crippen molar-refractivity contribution < 1.29 is 4.42 Å². The second-order valence-electron chi connectivity index (χ2n) is 5.08. The Morgan fingerprint density at radius 3 is 2.63 bits per heavy atom. The monoisotopic (exact) mass is 261 g/mol. The van der Waals surface area contributed by atoms with Gasteiger partial charge in [-0.05, 0) is 39.1 Å². The van der Waals surface area contributed by atoms with Gasteiger partial charge in [0.1, 0.15) is 11.5 Å². The summed E-state index contributed by atoms with van der Waals surface area (Å²) in [6.45, 7) is 6.36.